The topological polar surface area (TPSA) is 106 Å². The van der Waals surface area contributed by atoms with E-state index in [9.17, 15) is 9.59 Å². The van der Waals surface area contributed by atoms with Crippen LogP contribution in [-0.4, -0.2) is 51.0 Å². The van der Waals surface area contributed by atoms with Crippen molar-refractivity contribution in [1.29, 1.82) is 0 Å². The van der Waals surface area contributed by atoms with E-state index in [1.807, 2.05) is 19.0 Å². The SMILES string of the molecule is Cc1oc2ncn(CCCN(C)C)c(=O)c2c1C(=O)Nc1cncnc1. The third-order valence-electron chi connectivity index (χ3n) is 3.90. The lowest BCUT2D eigenvalue weighted by atomic mass is 10.1. The molecule has 0 unspecified atom stereocenters. The average molecular weight is 356 g/mol. The third kappa shape index (κ3) is 3.62. The van der Waals surface area contributed by atoms with E-state index < -0.39 is 5.91 Å². The van der Waals surface area contributed by atoms with Gasteiger partial charge in [-0.05, 0) is 34.0 Å². The normalized spacial score (nSPS) is 11.2. The van der Waals surface area contributed by atoms with E-state index in [0.717, 1.165) is 13.0 Å². The number of rotatable bonds is 6. The molecule has 3 rings (SSSR count). The van der Waals surface area contributed by atoms with Crippen molar-refractivity contribution in [3.63, 3.8) is 0 Å². The quantitative estimate of drug-likeness (QED) is 0.709. The molecule has 9 heteroatoms. The Morgan fingerprint density at radius 3 is 2.73 bits per heavy atom. The summed E-state index contributed by atoms with van der Waals surface area (Å²) in [6.45, 7) is 2.99. The predicted octanol–water partition coefficient (Wildman–Crippen LogP) is 1.29. The van der Waals surface area contributed by atoms with Crippen molar-refractivity contribution >= 4 is 22.7 Å². The van der Waals surface area contributed by atoms with Crippen LogP contribution < -0.4 is 10.9 Å². The molecule has 0 saturated heterocycles. The van der Waals surface area contributed by atoms with Crippen LogP contribution in [0.1, 0.15) is 22.5 Å². The lowest BCUT2D eigenvalue weighted by Gasteiger charge is -2.10. The largest absolute Gasteiger partial charge is 0.442 e. The van der Waals surface area contributed by atoms with Crippen LogP contribution in [0.5, 0.6) is 0 Å². The molecule has 3 aromatic rings. The Balaban J connectivity index is 1.95. The van der Waals surface area contributed by atoms with Gasteiger partial charge in [0.15, 0.2) is 0 Å². The van der Waals surface area contributed by atoms with Gasteiger partial charge in [-0.1, -0.05) is 0 Å². The second-order valence-electron chi connectivity index (χ2n) is 6.19. The first-order valence-electron chi connectivity index (χ1n) is 8.17. The summed E-state index contributed by atoms with van der Waals surface area (Å²) in [6, 6.07) is 0. The summed E-state index contributed by atoms with van der Waals surface area (Å²) in [5.41, 5.74) is 0.482. The van der Waals surface area contributed by atoms with Crippen LogP contribution in [0.2, 0.25) is 0 Å². The van der Waals surface area contributed by atoms with Crippen molar-refractivity contribution < 1.29 is 9.21 Å². The number of nitrogens with one attached hydrogen (secondary N) is 1. The maximum absolute atomic E-state index is 12.8. The zero-order valence-electron chi connectivity index (χ0n) is 14.9. The first kappa shape index (κ1) is 17.7. The van der Waals surface area contributed by atoms with Gasteiger partial charge in [-0.2, -0.15) is 0 Å². The van der Waals surface area contributed by atoms with Gasteiger partial charge in [0.2, 0.25) is 5.71 Å². The molecule has 3 heterocycles. The fraction of sp³-hybridized carbons (Fsp3) is 0.353. The van der Waals surface area contributed by atoms with Gasteiger partial charge < -0.3 is 14.6 Å². The molecule has 0 bridgehead atoms. The molecule has 0 atom stereocenters. The van der Waals surface area contributed by atoms with Crippen LogP contribution in [-0.2, 0) is 6.54 Å². The summed E-state index contributed by atoms with van der Waals surface area (Å²) in [5, 5.41) is 2.86. The molecule has 0 spiro atoms. The Kier molecular flexibility index (Phi) is 5.08. The molecule has 0 aliphatic rings. The summed E-state index contributed by atoms with van der Waals surface area (Å²) in [4.78, 5) is 39.4. The standard InChI is InChI=1S/C17H20N6O3/c1-11-13(15(24)21-12-7-18-9-19-8-12)14-16(26-11)20-10-23(17(14)25)6-4-5-22(2)3/h7-10H,4-6H2,1-3H3,(H,21,24). The second kappa shape index (κ2) is 7.44. The van der Waals surface area contributed by atoms with Crippen molar-refractivity contribution in [2.24, 2.45) is 0 Å². The van der Waals surface area contributed by atoms with Crippen LogP contribution >= 0.6 is 0 Å². The Labute approximate surface area is 149 Å². The molecule has 136 valence electrons. The minimum Gasteiger partial charge on any atom is -0.442 e. The van der Waals surface area contributed by atoms with Gasteiger partial charge in [0, 0.05) is 6.54 Å². The molecule has 0 aliphatic carbocycles. The van der Waals surface area contributed by atoms with Crippen LogP contribution in [0.25, 0.3) is 11.1 Å². The number of hydrogen-bond acceptors (Lipinski definition) is 7. The van der Waals surface area contributed by atoms with E-state index >= 15 is 0 Å². The molecule has 3 aromatic heterocycles. The van der Waals surface area contributed by atoms with Crippen LogP contribution in [0.15, 0.2) is 34.3 Å². The van der Waals surface area contributed by atoms with Gasteiger partial charge in [-0.3, -0.25) is 14.2 Å². The van der Waals surface area contributed by atoms with Crippen LogP contribution in [0.3, 0.4) is 0 Å². The number of hydrogen-bond donors (Lipinski definition) is 1. The van der Waals surface area contributed by atoms with E-state index in [-0.39, 0.29) is 22.2 Å². The molecule has 26 heavy (non-hydrogen) atoms. The summed E-state index contributed by atoms with van der Waals surface area (Å²) >= 11 is 0. The number of carbonyl (C=O) groups excluding carboxylic acids is 1. The van der Waals surface area contributed by atoms with Gasteiger partial charge in [-0.25, -0.2) is 15.0 Å². The van der Waals surface area contributed by atoms with Crippen molar-refractivity contribution in [3.8, 4) is 0 Å². The first-order chi connectivity index (χ1) is 12.5. The lowest BCUT2D eigenvalue weighted by molar-refractivity contribution is 0.102. The molecule has 0 fully saturated rings. The fourth-order valence-electron chi connectivity index (χ4n) is 2.68. The maximum atomic E-state index is 12.8. The highest BCUT2D eigenvalue weighted by molar-refractivity contribution is 6.12. The molecule has 1 amide bonds. The fourth-order valence-corrected chi connectivity index (χ4v) is 2.68. The minimum atomic E-state index is -0.457. The van der Waals surface area contributed by atoms with Gasteiger partial charge in [0.25, 0.3) is 11.5 Å². The van der Waals surface area contributed by atoms with Crippen molar-refractivity contribution in [1.82, 2.24) is 24.4 Å². The van der Waals surface area contributed by atoms with Gasteiger partial charge in [-0.15, -0.1) is 0 Å². The number of nitrogens with zero attached hydrogens (tertiary/aromatic N) is 5. The molecule has 0 saturated carbocycles. The molecule has 0 aromatic carbocycles. The maximum Gasteiger partial charge on any atom is 0.265 e. The number of amides is 1. The summed E-state index contributed by atoms with van der Waals surface area (Å²) < 4.78 is 7.01. The smallest absolute Gasteiger partial charge is 0.265 e. The van der Waals surface area contributed by atoms with E-state index in [1.54, 1.807) is 6.92 Å². The number of fused-ring (bicyclic) bond motifs is 1. The zero-order chi connectivity index (χ0) is 18.7. The van der Waals surface area contributed by atoms with Gasteiger partial charge in [0.05, 0.1) is 23.6 Å². The van der Waals surface area contributed by atoms with Crippen molar-refractivity contribution in [2.75, 3.05) is 26.0 Å². The molecule has 9 nitrogen and oxygen atoms in total. The van der Waals surface area contributed by atoms with Gasteiger partial charge >= 0.3 is 0 Å². The number of aryl methyl sites for hydroxylation is 2. The molecular weight excluding hydrogens is 336 g/mol. The minimum absolute atomic E-state index is 0.158. The highest BCUT2D eigenvalue weighted by Crippen LogP contribution is 2.22. The Morgan fingerprint density at radius 1 is 1.31 bits per heavy atom. The number of aromatic nitrogens is 4. The van der Waals surface area contributed by atoms with E-state index in [0.29, 0.717) is 18.0 Å². The van der Waals surface area contributed by atoms with Crippen LogP contribution in [0.4, 0.5) is 5.69 Å². The molecule has 1 N–H and O–H groups in total. The highest BCUT2D eigenvalue weighted by atomic mass is 16.3. The van der Waals surface area contributed by atoms with E-state index in [4.69, 9.17) is 4.42 Å². The number of carbonyl (C=O) groups is 1. The number of anilines is 1. The summed E-state index contributed by atoms with van der Waals surface area (Å²) in [5.74, 6) is -0.119. The monoisotopic (exact) mass is 356 g/mol. The second-order valence-corrected chi connectivity index (χ2v) is 6.19. The lowest BCUT2D eigenvalue weighted by Crippen LogP contribution is -2.24. The van der Waals surface area contributed by atoms with E-state index in [1.165, 1.54) is 29.6 Å². The molecule has 0 radical (unpaired) electrons. The number of furan rings is 1. The predicted molar refractivity (Wildman–Crippen MR) is 96.2 cm³/mol. The summed E-state index contributed by atoms with van der Waals surface area (Å²) in [6.07, 6.45) is 6.56. The Bertz CT molecular complexity index is 977. The zero-order valence-corrected chi connectivity index (χ0v) is 14.9. The van der Waals surface area contributed by atoms with Crippen LogP contribution in [0, 0.1) is 6.92 Å². The Morgan fingerprint density at radius 2 is 2.04 bits per heavy atom. The summed E-state index contributed by atoms with van der Waals surface area (Å²) in [7, 11) is 3.94. The average Bonchev–Trinajstić information content (AvgIpc) is 2.94. The third-order valence-corrected chi connectivity index (χ3v) is 3.90. The highest BCUT2D eigenvalue weighted by Gasteiger charge is 2.23. The van der Waals surface area contributed by atoms with Gasteiger partial charge in [0.1, 0.15) is 23.8 Å². The van der Waals surface area contributed by atoms with E-state index in [2.05, 4.69) is 20.3 Å². The Hall–Kier alpha value is -3.07. The van der Waals surface area contributed by atoms with Crippen molar-refractivity contribution in [2.45, 2.75) is 19.9 Å². The first-order valence-corrected chi connectivity index (χ1v) is 8.17. The van der Waals surface area contributed by atoms with Crippen molar-refractivity contribution in [3.05, 3.63) is 46.7 Å². The molecule has 0 aliphatic heterocycles. The molecular formula is C17H20N6O3.